The van der Waals surface area contributed by atoms with Crippen LogP contribution in [0.15, 0.2) is 29.2 Å². The van der Waals surface area contributed by atoms with Gasteiger partial charge in [0, 0.05) is 0 Å². The summed E-state index contributed by atoms with van der Waals surface area (Å²) in [6.45, 7) is 0. The molecule has 1 unspecified atom stereocenters. The van der Waals surface area contributed by atoms with Gasteiger partial charge in [-0.3, -0.25) is 0 Å². The molecule has 0 aromatic heterocycles. The third-order valence-corrected chi connectivity index (χ3v) is 1.94. The second kappa shape index (κ2) is 5.39. The molecule has 0 aliphatic heterocycles. The molecule has 0 fully saturated rings. The molecule has 0 aliphatic carbocycles. The maximum Gasteiger partial charge on any atom is 1.00 e. The van der Waals surface area contributed by atoms with Gasteiger partial charge < -0.3 is 9.29 Å². The van der Waals surface area contributed by atoms with E-state index in [0.717, 1.165) is 0 Å². The molecule has 5 heteroatoms. The van der Waals surface area contributed by atoms with Gasteiger partial charge in [0.05, 0.1) is 12.0 Å². The van der Waals surface area contributed by atoms with Crippen LogP contribution in [-0.4, -0.2) is 15.9 Å². The zero-order valence-electron chi connectivity index (χ0n) is 6.98. The first-order valence-electron chi connectivity index (χ1n) is 2.99. The number of ether oxygens (including phenoxy) is 1. The van der Waals surface area contributed by atoms with E-state index in [1.54, 1.807) is 31.4 Å². The van der Waals surface area contributed by atoms with Crippen LogP contribution in [0.2, 0.25) is 0 Å². The molecule has 1 atom stereocenters. The second-order valence-electron chi connectivity index (χ2n) is 1.92. The normalized spacial score (nSPS) is 11.5. The van der Waals surface area contributed by atoms with Crippen molar-refractivity contribution in [2.24, 2.45) is 0 Å². The van der Waals surface area contributed by atoms with Crippen molar-refractivity contribution in [2.45, 2.75) is 4.90 Å². The minimum atomic E-state index is -1.89. The Morgan fingerprint density at radius 3 is 2.17 bits per heavy atom. The van der Waals surface area contributed by atoms with Crippen molar-refractivity contribution in [1.82, 2.24) is 0 Å². The van der Waals surface area contributed by atoms with Crippen molar-refractivity contribution in [3.63, 3.8) is 0 Å². The van der Waals surface area contributed by atoms with Gasteiger partial charge in [0.1, 0.15) is 5.75 Å². The Labute approximate surface area is 85.6 Å². The topological polar surface area (TPSA) is 46.5 Å². The Morgan fingerprint density at radius 2 is 1.83 bits per heavy atom. The molecular formula is C7H8LiO3S+. The summed E-state index contributed by atoms with van der Waals surface area (Å²) >= 11 is -1.89. The van der Waals surface area contributed by atoms with Crippen molar-refractivity contribution in [3.05, 3.63) is 24.3 Å². The van der Waals surface area contributed by atoms with Crippen molar-refractivity contribution in [1.29, 1.82) is 0 Å². The third-order valence-electron chi connectivity index (χ3n) is 1.26. The SMILES string of the molecule is COc1ccc(S(=O)O)cc1.[Li+]. The molecule has 60 valence electrons. The van der Waals surface area contributed by atoms with Crippen molar-refractivity contribution >= 4 is 11.1 Å². The van der Waals surface area contributed by atoms with E-state index < -0.39 is 11.1 Å². The molecule has 12 heavy (non-hydrogen) atoms. The van der Waals surface area contributed by atoms with E-state index in [1.165, 1.54) is 0 Å². The summed E-state index contributed by atoms with van der Waals surface area (Å²) in [5.41, 5.74) is 0. The van der Waals surface area contributed by atoms with Gasteiger partial charge in [-0.25, -0.2) is 4.21 Å². The molecular weight excluding hydrogens is 171 g/mol. The van der Waals surface area contributed by atoms with Gasteiger partial charge >= 0.3 is 18.9 Å². The summed E-state index contributed by atoms with van der Waals surface area (Å²) in [4.78, 5) is 0.380. The first-order valence-corrected chi connectivity index (χ1v) is 4.09. The smallest absolute Gasteiger partial charge is 0.497 e. The fraction of sp³-hybridized carbons (Fsp3) is 0.143. The standard InChI is InChI=1S/C7H8O3S.Li/c1-10-6-2-4-7(5-3-6)11(8)9;/h2-5H,1H3,(H,8,9);/q;+1. The van der Waals surface area contributed by atoms with Crippen molar-refractivity contribution in [2.75, 3.05) is 7.11 Å². The first kappa shape index (κ1) is 11.7. The Morgan fingerprint density at radius 1 is 1.33 bits per heavy atom. The van der Waals surface area contributed by atoms with Gasteiger partial charge in [0.25, 0.3) is 0 Å². The summed E-state index contributed by atoms with van der Waals surface area (Å²) in [6, 6.07) is 6.39. The fourth-order valence-corrected chi connectivity index (χ4v) is 1.06. The molecule has 1 aromatic rings. The molecule has 1 aromatic carbocycles. The van der Waals surface area contributed by atoms with E-state index in [9.17, 15) is 4.21 Å². The number of hydrogen-bond acceptors (Lipinski definition) is 2. The van der Waals surface area contributed by atoms with Crippen molar-refractivity contribution < 1.29 is 32.4 Å². The maximum atomic E-state index is 10.5. The molecule has 0 radical (unpaired) electrons. The minimum Gasteiger partial charge on any atom is -0.497 e. The Kier molecular flexibility index (Phi) is 5.26. The average Bonchev–Trinajstić information content (AvgIpc) is 2.05. The summed E-state index contributed by atoms with van der Waals surface area (Å²) in [7, 11) is 1.55. The van der Waals surface area contributed by atoms with Gasteiger partial charge in [-0.1, -0.05) is 0 Å². The van der Waals surface area contributed by atoms with Gasteiger partial charge in [0.2, 0.25) is 0 Å². The summed E-state index contributed by atoms with van der Waals surface area (Å²) < 4.78 is 24.0. The molecule has 3 nitrogen and oxygen atoms in total. The molecule has 0 heterocycles. The number of benzene rings is 1. The van der Waals surface area contributed by atoms with Crippen LogP contribution in [0, 0.1) is 0 Å². The Bertz CT molecular complexity index is 260. The van der Waals surface area contributed by atoms with E-state index in [4.69, 9.17) is 9.29 Å². The van der Waals surface area contributed by atoms with Crippen LogP contribution in [-0.2, 0) is 11.1 Å². The molecule has 0 saturated heterocycles. The third kappa shape index (κ3) is 3.00. The van der Waals surface area contributed by atoms with Crippen LogP contribution in [0.25, 0.3) is 0 Å². The molecule has 1 rings (SSSR count). The molecule has 1 N–H and O–H groups in total. The average molecular weight is 179 g/mol. The van der Waals surface area contributed by atoms with Crippen LogP contribution in [0.5, 0.6) is 5.75 Å². The Balaban J connectivity index is 0.00000121. The van der Waals surface area contributed by atoms with Gasteiger partial charge in [-0.15, -0.1) is 0 Å². The van der Waals surface area contributed by atoms with E-state index in [1.807, 2.05) is 0 Å². The summed E-state index contributed by atoms with van der Waals surface area (Å²) in [6.07, 6.45) is 0. The van der Waals surface area contributed by atoms with E-state index in [0.29, 0.717) is 10.6 Å². The minimum absolute atomic E-state index is 0. The quantitative estimate of drug-likeness (QED) is 0.434. The maximum absolute atomic E-state index is 10.5. The molecule has 0 aliphatic rings. The number of hydrogen-bond donors (Lipinski definition) is 1. The summed E-state index contributed by atoms with van der Waals surface area (Å²) in [5, 5.41) is 0. The zero-order chi connectivity index (χ0) is 8.27. The predicted octanol–water partition coefficient (Wildman–Crippen LogP) is -1.72. The Hall–Kier alpha value is -0.273. The van der Waals surface area contributed by atoms with Crippen LogP contribution in [0.3, 0.4) is 0 Å². The van der Waals surface area contributed by atoms with Crippen LogP contribution in [0.4, 0.5) is 0 Å². The van der Waals surface area contributed by atoms with Crippen LogP contribution >= 0.6 is 0 Å². The van der Waals surface area contributed by atoms with Gasteiger partial charge in [0.15, 0.2) is 11.1 Å². The molecule has 0 bridgehead atoms. The molecule has 0 spiro atoms. The number of methoxy groups -OCH3 is 1. The van der Waals surface area contributed by atoms with Gasteiger partial charge in [-0.2, -0.15) is 0 Å². The van der Waals surface area contributed by atoms with Gasteiger partial charge in [-0.05, 0) is 24.3 Å². The number of rotatable bonds is 2. The van der Waals surface area contributed by atoms with E-state index >= 15 is 0 Å². The zero-order valence-corrected chi connectivity index (χ0v) is 7.80. The first-order chi connectivity index (χ1) is 5.24. The van der Waals surface area contributed by atoms with E-state index in [-0.39, 0.29) is 18.9 Å². The fourth-order valence-electron chi connectivity index (χ4n) is 0.692. The van der Waals surface area contributed by atoms with Crippen LogP contribution < -0.4 is 23.6 Å². The molecule has 0 amide bonds. The van der Waals surface area contributed by atoms with Crippen LogP contribution in [0.1, 0.15) is 0 Å². The monoisotopic (exact) mass is 179 g/mol. The second-order valence-corrected chi connectivity index (χ2v) is 2.89. The summed E-state index contributed by atoms with van der Waals surface area (Å²) in [5.74, 6) is 0.680. The largest absolute Gasteiger partial charge is 1.00 e. The van der Waals surface area contributed by atoms with E-state index in [2.05, 4.69) is 0 Å². The molecule has 0 saturated carbocycles. The predicted molar refractivity (Wildman–Crippen MR) is 42.0 cm³/mol. The van der Waals surface area contributed by atoms with Crippen molar-refractivity contribution in [3.8, 4) is 5.75 Å².